The molecule has 10 heteroatoms. The first-order valence-corrected chi connectivity index (χ1v) is 13.0. The number of methoxy groups -OCH3 is 3. The molecule has 0 spiro atoms. The fraction of sp³-hybridized carbons (Fsp3) is 0.552. The lowest BCUT2D eigenvalue weighted by Crippen LogP contribution is -2.51. The maximum Gasteiger partial charge on any atom is 0.294 e. The zero-order valence-electron chi connectivity index (χ0n) is 24.2. The standard InChI is InChI=1S/C29H41N3O7/c1-9-28(29(19-30,20(2)3)23-11-13-24(35-6)27(17-23)37-8)31(5)15-14-22-10-12-25(26(16-22)36-7)38-18-21(4)39-32(33)34/h10-13,16-17,20-21,28H,9,14-15,18H2,1-8H3. The van der Waals surface area contributed by atoms with Crippen molar-refractivity contribution < 1.29 is 28.9 Å². The summed E-state index contributed by atoms with van der Waals surface area (Å²) in [4.78, 5) is 17.2. The zero-order valence-corrected chi connectivity index (χ0v) is 24.2. The average Bonchev–Trinajstić information content (AvgIpc) is 2.92. The molecular formula is C29H41N3O7. The summed E-state index contributed by atoms with van der Waals surface area (Å²) in [5.41, 5.74) is 1.16. The van der Waals surface area contributed by atoms with Gasteiger partial charge in [-0.05, 0) is 68.1 Å². The molecule has 0 aliphatic heterocycles. The van der Waals surface area contributed by atoms with E-state index in [9.17, 15) is 15.4 Å². The Morgan fingerprint density at radius 3 is 2.15 bits per heavy atom. The Labute approximate surface area is 231 Å². The van der Waals surface area contributed by atoms with E-state index in [2.05, 4.69) is 43.6 Å². The number of benzene rings is 2. The Kier molecular flexibility index (Phi) is 11.7. The highest BCUT2D eigenvalue weighted by Crippen LogP contribution is 2.42. The Hall–Kier alpha value is -3.71. The van der Waals surface area contributed by atoms with Crippen LogP contribution in [0, 0.1) is 27.4 Å². The second-order valence-electron chi connectivity index (χ2n) is 9.80. The van der Waals surface area contributed by atoms with E-state index in [1.807, 2.05) is 30.3 Å². The van der Waals surface area contributed by atoms with E-state index in [1.54, 1.807) is 34.3 Å². The highest BCUT2D eigenvalue weighted by atomic mass is 17.0. The predicted molar refractivity (Wildman–Crippen MR) is 148 cm³/mol. The number of hydrogen-bond donors (Lipinski definition) is 0. The van der Waals surface area contributed by atoms with Crippen LogP contribution in [0.2, 0.25) is 0 Å². The Morgan fingerprint density at radius 1 is 1.00 bits per heavy atom. The molecule has 0 N–H and O–H groups in total. The summed E-state index contributed by atoms with van der Waals surface area (Å²) in [5.74, 6) is 2.28. The maximum atomic E-state index is 10.6. The minimum atomic E-state index is -0.833. The molecule has 0 fully saturated rings. The lowest BCUT2D eigenvalue weighted by molar-refractivity contribution is -0.767. The van der Waals surface area contributed by atoms with Crippen LogP contribution in [0.25, 0.3) is 0 Å². The number of ether oxygens (including phenoxy) is 4. The molecule has 0 aliphatic carbocycles. The van der Waals surface area contributed by atoms with Crippen molar-refractivity contribution >= 4 is 0 Å². The molecule has 2 aromatic rings. The molecule has 39 heavy (non-hydrogen) atoms. The van der Waals surface area contributed by atoms with Crippen LogP contribution in [0.5, 0.6) is 23.0 Å². The molecule has 0 heterocycles. The lowest BCUT2D eigenvalue weighted by Gasteiger charge is -2.43. The predicted octanol–water partition coefficient (Wildman–Crippen LogP) is 5.06. The van der Waals surface area contributed by atoms with Gasteiger partial charge < -0.3 is 28.7 Å². The molecule has 3 atom stereocenters. The maximum absolute atomic E-state index is 10.6. The van der Waals surface area contributed by atoms with Gasteiger partial charge in [-0.1, -0.05) is 32.9 Å². The summed E-state index contributed by atoms with van der Waals surface area (Å²) in [5, 5.41) is 20.3. The number of rotatable bonds is 16. The molecular weight excluding hydrogens is 502 g/mol. The van der Waals surface area contributed by atoms with Crippen LogP contribution in [0.1, 0.15) is 45.2 Å². The Bertz CT molecular complexity index is 1130. The van der Waals surface area contributed by atoms with Gasteiger partial charge in [0, 0.05) is 12.6 Å². The van der Waals surface area contributed by atoms with E-state index in [1.165, 1.54) is 0 Å². The van der Waals surface area contributed by atoms with Gasteiger partial charge in [-0.3, -0.25) is 0 Å². The van der Waals surface area contributed by atoms with Crippen LogP contribution >= 0.6 is 0 Å². The van der Waals surface area contributed by atoms with Crippen molar-refractivity contribution in [1.82, 2.24) is 4.90 Å². The summed E-state index contributed by atoms with van der Waals surface area (Å²) in [6, 6.07) is 14.0. The van der Waals surface area contributed by atoms with Gasteiger partial charge in [0.1, 0.15) is 18.1 Å². The van der Waals surface area contributed by atoms with Gasteiger partial charge in [-0.25, -0.2) is 0 Å². The van der Waals surface area contributed by atoms with Gasteiger partial charge in [-0.2, -0.15) is 5.26 Å². The third-order valence-corrected chi connectivity index (χ3v) is 7.12. The van der Waals surface area contributed by atoms with Gasteiger partial charge in [0.2, 0.25) is 0 Å². The van der Waals surface area contributed by atoms with E-state index in [0.717, 1.165) is 24.0 Å². The molecule has 3 unspecified atom stereocenters. The fourth-order valence-electron chi connectivity index (χ4n) is 5.09. The van der Waals surface area contributed by atoms with E-state index < -0.39 is 16.6 Å². The fourth-order valence-corrected chi connectivity index (χ4v) is 5.09. The van der Waals surface area contributed by atoms with E-state index in [-0.39, 0.29) is 18.6 Å². The van der Waals surface area contributed by atoms with Crippen molar-refractivity contribution in [3.05, 3.63) is 57.6 Å². The van der Waals surface area contributed by atoms with Gasteiger partial charge in [0.05, 0.1) is 27.4 Å². The van der Waals surface area contributed by atoms with Gasteiger partial charge >= 0.3 is 0 Å². The third kappa shape index (κ3) is 7.45. The number of likely N-dealkylation sites (N-methyl/N-ethyl adjacent to an activating group) is 1. The normalized spacial score (nSPS) is 14.2. The summed E-state index contributed by atoms with van der Waals surface area (Å²) in [6.07, 6.45) is 0.781. The second kappa shape index (κ2) is 14.4. The molecule has 0 aromatic heterocycles. The van der Waals surface area contributed by atoms with Crippen LogP contribution in [0.3, 0.4) is 0 Å². The molecule has 0 radical (unpaired) electrons. The Morgan fingerprint density at radius 2 is 1.62 bits per heavy atom. The number of nitriles is 1. The summed E-state index contributed by atoms with van der Waals surface area (Å²) in [6.45, 7) is 8.55. The van der Waals surface area contributed by atoms with Crippen LogP contribution in [-0.2, 0) is 16.7 Å². The molecule has 2 rings (SSSR count). The minimum Gasteiger partial charge on any atom is -0.493 e. The van der Waals surface area contributed by atoms with Crippen molar-refractivity contribution in [1.29, 1.82) is 5.26 Å². The quantitative estimate of drug-likeness (QED) is 0.212. The second-order valence-corrected chi connectivity index (χ2v) is 9.80. The van der Waals surface area contributed by atoms with Crippen molar-refractivity contribution in [2.75, 3.05) is 41.5 Å². The van der Waals surface area contributed by atoms with Crippen molar-refractivity contribution in [2.24, 2.45) is 5.92 Å². The van der Waals surface area contributed by atoms with Crippen LogP contribution < -0.4 is 18.9 Å². The molecule has 0 aliphatic rings. The molecule has 2 aromatic carbocycles. The van der Waals surface area contributed by atoms with Crippen molar-refractivity contribution in [2.45, 2.75) is 58.1 Å². The summed E-state index contributed by atoms with van der Waals surface area (Å²) < 4.78 is 22.1. The van der Waals surface area contributed by atoms with Crippen molar-refractivity contribution in [3.8, 4) is 29.1 Å². The first-order valence-electron chi connectivity index (χ1n) is 13.0. The molecule has 0 saturated heterocycles. The highest BCUT2D eigenvalue weighted by Gasteiger charge is 2.45. The summed E-state index contributed by atoms with van der Waals surface area (Å²) >= 11 is 0. The van der Waals surface area contributed by atoms with Crippen molar-refractivity contribution in [3.63, 3.8) is 0 Å². The highest BCUT2D eigenvalue weighted by molar-refractivity contribution is 5.48. The van der Waals surface area contributed by atoms with Crippen LogP contribution in [0.4, 0.5) is 0 Å². The van der Waals surface area contributed by atoms with E-state index >= 15 is 0 Å². The number of nitrogens with zero attached hydrogens (tertiary/aromatic N) is 3. The average molecular weight is 544 g/mol. The first-order chi connectivity index (χ1) is 18.6. The monoisotopic (exact) mass is 543 g/mol. The molecule has 0 bridgehead atoms. The lowest BCUT2D eigenvalue weighted by atomic mass is 9.66. The SMILES string of the molecule is CCC(N(C)CCc1ccc(OCC(C)O[N+](=O)[O-])c(OC)c1)C(C#N)(c1ccc(OC)c(OC)c1)C(C)C. The first kappa shape index (κ1) is 31.5. The van der Waals surface area contributed by atoms with E-state index in [4.69, 9.17) is 18.9 Å². The molecule has 0 amide bonds. The van der Waals surface area contributed by atoms with Gasteiger partial charge in [0.25, 0.3) is 5.09 Å². The van der Waals surface area contributed by atoms with Crippen LogP contribution in [0.15, 0.2) is 36.4 Å². The van der Waals surface area contributed by atoms with Crippen LogP contribution in [-0.4, -0.2) is 63.7 Å². The Balaban J connectivity index is 2.25. The molecule has 0 saturated carbocycles. The molecule has 214 valence electrons. The smallest absolute Gasteiger partial charge is 0.294 e. The molecule has 10 nitrogen and oxygen atoms in total. The number of hydrogen-bond acceptors (Lipinski definition) is 9. The van der Waals surface area contributed by atoms with E-state index in [0.29, 0.717) is 29.5 Å². The largest absolute Gasteiger partial charge is 0.493 e. The van der Waals surface area contributed by atoms with Gasteiger partial charge in [0.15, 0.2) is 23.0 Å². The third-order valence-electron chi connectivity index (χ3n) is 7.12. The zero-order chi connectivity index (χ0) is 29.2. The minimum absolute atomic E-state index is 0.0131. The topological polar surface area (TPSA) is 116 Å². The summed E-state index contributed by atoms with van der Waals surface area (Å²) in [7, 11) is 6.79. The van der Waals surface area contributed by atoms with Gasteiger partial charge in [-0.15, -0.1) is 10.1 Å².